The summed E-state index contributed by atoms with van der Waals surface area (Å²) in [5, 5.41) is 0. The van der Waals surface area contributed by atoms with E-state index in [9.17, 15) is 4.79 Å². The normalized spacial score (nSPS) is 25.8. The molecule has 24 heavy (non-hydrogen) atoms. The van der Waals surface area contributed by atoms with Crippen molar-refractivity contribution in [3.05, 3.63) is 83.4 Å². The first-order chi connectivity index (χ1) is 11.7. The summed E-state index contributed by atoms with van der Waals surface area (Å²) in [6.45, 7) is 2.81. The molecule has 122 valence electrons. The Kier molecular flexibility index (Phi) is 3.97. The summed E-state index contributed by atoms with van der Waals surface area (Å²) < 4.78 is 0. The van der Waals surface area contributed by atoms with Crippen LogP contribution in [0.15, 0.2) is 66.7 Å². The highest BCUT2D eigenvalue weighted by Gasteiger charge is 2.47. The zero-order valence-corrected chi connectivity index (χ0v) is 14.1. The van der Waals surface area contributed by atoms with Crippen molar-refractivity contribution in [1.82, 2.24) is 4.90 Å². The summed E-state index contributed by atoms with van der Waals surface area (Å²) in [4.78, 5) is 15.2. The molecular formula is C22H23NO. The Labute approximate surface area is 143 Å². The second-order valence-corrected chi connectivity index (χ2v) is 7.00. The zero-order chi connectivity index (χ0) is 16.5. The van der Waals surface area contributed by atoms with Crippen LogP contribution in [-0.2, 0) is 11.3 Å². The number of carbonyl (C=O) groups excluding carboxylic acids is 1. The largest absolute Gasteiger partial charge is 0.330 e. The number of nitrogens with zero attached hydrogens (tertiary/aromatic N) is 1. The molecule has 3 atom stereocenters. The third-order valence-corrected chi connectivity index (χ3v) is 5.35. The molecule has 2 aromatic rings. The summed E-state index contributed by atoms with van der Waals surface area (Å²) in [5.74, 6) is 0.765. The van der Waals surface area contributed by atoms with Gasteiger partial charge in [0.2, 0.25) is 5.91 Å². The molecule has 2 nitrogen and oxygen atoms in total. The number of allylic oxidation sites excluding steroid dienone is 1. The van der Waals surface area contributed by atoms with Crippen LogP contribution in [0.3, 0.4) is 0 Å². The van der Waals surface area contributed by atoms with Crippen LogP contribution in [0.4, 0.5) is 0 Å². The van der Waals surface area contributed by atoms with Gasteiger partial charge in [0.25, 0.3) is 0 Å². The number of fused-ring (bicyclic) bond motifs is 1. The highest BCUT2D eigenvalue weighted by Crippen LogP contribution is 2.46. The zero-order valence-electron chi connectivity index (χ0n) is 14.1. The molecule has 0 spiro atoms. The van der Waals surface area contributed by atoms with Crippen molar-refractivity contribution < 1.29 is 4.79 Å². The van der Waals surface area contributed by atoms with E-state index in [0.29, 0.717) is 18.4 Å². The fourth-order valence-electron chi connectivity index (χ4n) is 4.24. The maximum absolute atomic E-state index is 13.1. The van der Waals surface area contributed by atoms with Crippen molar-refractivity contribution >= 4 is 5.91 Å². The Bertz CT molecular complexity index is 765. The summed E-state index contributed by atoms with van der Waals surface area (Å²) >= 11 is 0. The number of hydrogen-bond donors (Lipinski definition) is 0. The lowest BCUT2D eigenvalue weighted by atomic mass is 9.80. The molecule has 0 saturated carbocycles. The first-order valence-electron chi connectivity index (χ1n) is 8.81. The number of benzene rings is 2. The molecule has 2 aliphatic rings. The third kappa shape index (κ3) is 2.66. The van der Waals surface area contributed by atoms with E-state index in [1.807, 2.05) is 18.2 Å². The Morgan fingerprint density at radius 1 is 1.08 bits per heavy atom. The van der Waals surface area contributed by atoms with Gasteiger partial charge in [0.1, 0.15) is 0 Å². The molecular weight excluding hydrogens is 294 g/mol. The van der Waals surface area contributed by atoms with Gasteiger partial charge in [-0.15, -0.1) is 0 Å². The minimum atomic E-state index is 0.143. The molecule has 2 aromatic carbocycles. The minimum absolute atomic E-state index is 0.143. The fraction of sp³-hybridized carbons (Fsp3) is 0.318. The van der Waals surface area contributed by atoms with Gasteiger partial charge in [0.05, 0.1) is 6.04 Å². The van der Waals surface area contributed by atoms with Crippen LogP contribution in [0.5, 0.6) is 0 Å². The van der Waals surface area contributed by atoms with Crippen molar-refractivity contribution in [2.75, 3.05) is 0 Å². The van der Waals surface area contributed by atoms with Crippen LogP contribution in [0.25, 0.3) is 0 Å². The summed E-state index contributed by atoms with van der Waals surface area (Å²) in [6.07, 6.45) is 6.54. The molecule has 2 heteroatoms. The molecule has 1 heterocycles. The number of aryl methyl sites for hydroxylation is 1. The van der Waals surface area contributed by atoms with E-state index < -0.39 is 0 Å². The Morgan fingerprint density at radius 3 is 2.71 bits per heavy atom. The molecule has 1 amide bonds. The smallest absolute Gasteiger partial charge is 0.227 e. The fourth-order valence-corrected chi connectivity index (χ4v) is 4.24. The lowest BCUT2D eigenvalue weighted by molar-refractivity contribution is -0.132. The topological polar surface area (TPSA) is 20.3 Å². The van der Waals surface area contributed by atoms with E-state index in [-0.39, 0.29) is 12.0 Å². The van der Waals surface area contributed by atoms with E-state index in [1.165, 1.54) is 16.7 Å². The molecule has 0 N–H and O–H groups in total. The van der Waals surface area contributed by atoms with Crippen LogP contribution in [0, 0.1) is 18.8 Å². The maximum Gasteiger partial charge on any atom is 0.227 e. The third-order valence-electron chi connectivity index (χ3n) is 5.35. The Hall–Kier alpha value is -2.35. The standard InChI is InChI=1S/C22H23NO/c1-16-8-7-11-18(14-16)21-19-12-5-6-13-20(19)22(24)23(21)15-17-9-3-2-4-10-17/h2-5,7-12,14,19-21H,6,13,15H2,1H3/t19-,20-,21+/m1/s1. The summed E-state index contributed by atoms with van der Waals surface area (Å²) in [6, 6.07) is 19.1. The van der Waals surface area contributed by atoms with Crippen LogP contribution in [0.1, 0.15) is 35.6 Å². The predicted octanol–water partition coefficient (Wildman–Crippen LogP) is 4.66. The molecule has 0 aromatic heterocycles. The summed E-state index contributed by atoms with van der Waals surface area (Å²) in [7, 11) is 0. The van der Waals surface area contributed by atoms with Crippen molar-refractivity contribution in [3.8, 4) is 0 Å². The number of carbonyl (C=O) groups is 1. The minimum Gasteiger partial charge on any atom is -0.330 e. The Balaban J connectivity index is 1.74. The van der Waals surface area contributed by atoms with Gasteiger partial charge in [-0.3, -0.25) is 4.79 Å². The monoisotopic (exact) mass is 317 g/mol. The van der Waals surface area contributed by atoms with Crippen LogP contribution >= 0.6 is 0 Å². The summed E-state index contributed by atoms with van der Waals surface area (Å²) in [5.41, 5.74) is 3.72. The SMILES string of the molecule is Cc1cccc([C@H]2[C@@H]3C=CCC[C@H]3C(=O)N2Cc2ccccc2)c1. The van der Waals surface area contributed by atoms with Crippen molar-refractivity contribution in [2.45, 2.75) is 32.4 Å². The van der Waals surface area contributed by atoms with Gasteiger partial charge in [-0.2, -0.15) is 0 Å². The van der Waals surface area contributed by atoms with Gasteiger partial charge in [0, 0.05) is 18.4 Å². The molecule has 1 aliphatic carbocycles. The number of rotatable bonds is 3. The molecule has 4 rings (SSSR count). The van der Waals surface area contributed by atoms with Crippen LogP contribution < -0.4 is 0 Å². The van der Waals surface area contributed by atoms with Gasteiger partial charge >= 0.3 is 0 Å². The van der Waals surface area contributed by atoms with Crippen molar-refractivity contribution in [3.63, 3.8) is 0 Å². The molecule has 1 saturated heterocycles. The second-order valence-electron chi connectivity index (χ2n) is 7.00. The van der Waals surface area contributed by atoms with Gasteiger partial charge < -0.3 is 4.90 Å². The number of hydrogen-bond acceptors (Lipinski definition) is 1. The number of likely N-dealkylation sites (tertiary alicyclic amines) is 1. The lowest BCUT2D eigenvalue weighted by Gasteiger charge is -2.28. The first-order valence-corrected chi connectivity index (χ1v) is 8.81. The highest BCUT2D eigenvalue weighted by molar-refractivity contribution is 5.83. The van der Waals surface area contributed by atoms with E-state index in [2.05, 4.69) is 60.4 Å². The average Bonchev–Trinajstić information content (AvgIpc) is 2.89. The van der Waals surface area contributed by atoms with Crippen molar-refractivity contribution in [2.24, 2.45) is 11.8 Å². The van der Waals surface area contributed by atoms with Gasteiger partial charge in [-0.05, 0) is 30.9 Å². The second kappa shape index (κ2) is 6.27. The van der Waals surface area contributed by atoms with Gasteiger partial charge in [-0.1, -0.05) is 72.3 Å². The van der Waals surface area contributed by atoms with Crippen LogP contribution in [-0.4, -0.2) is 10.8 Å². The van der Waals surface area contributed by atoms with E-state index in [0.717, 1.165) is 12.8 Å². The van der Waals surface area contributed by atoms with Crippen molar-refractivity contribution in [1.29, 1.82) is 0 Å². The molecule has 1 fully saturated rings. The quantitative estimate of drug-likeness (QED) is 0.754. The maximum atomic E-state index is 13.1. The number of amides is 1. The lowest BCUT2D eigenvalue weighted by Crippen LogP contribution is -2.29. The molecule has 0 bridgehead atoms. The van der Waals surface area contributed by atoms with Crippen LogP contribution in [0.2, 0.25) is 0 Å². The molecule has 0 unspecified atom stereocenters. The average molecular weight is 317 g/mol. The van der Waals surface area contributed by atoms with E-state index in [1.54, 1.807) is 0 Å². The highest BCUT2D eigenvalue weighted by atomic mass is 16.2. The van der Waals surface area contributed by atoms with Gasteiger partial charge in [-0.25, -0.2) is 0 Å². The molecule has 1 aliphatic heterocycles. The molecule has 0 radical (unpaired) electrons. The van der Waals surface area contributed by atoms with Gasteiger partial charge in [0.15, 0.2) is 0 Å². The predicted molar refractivity (Wildman–Crippen MR) is 96.3 cm³/mol. The van der Waals surface area contributed by atoms with E-state index in [4.69, 9.17) is 0 Å². The first kappa shape index (κ1) is 15.2. The van der Waals surface area contributed by atoms with E-state index >= 15 is 0 Å². The Morgan fingerprint density at radius 2 is 1.92 bits per heavy atom.